The number of hydrogen-bond donors (Lipinski definition) is 1. The fourth-order valence-corrected chi connectivity index (χ4v) is 2.97. The van der Waals surface area contributed by atoms with E-state index < -0.39 is 23.8 Å². The fraction of sp³-hybridized carbons (Fsp3) is 0. The topological polar surface area (TPSA) is 133 Å². The van der Waals surface area contributed by atoms with Gasteiger partial charge in [0, 0.05) is 17.3 Å². The van der Waals surface area contributed by atoms with Crippen LogP contribution < -0.4 is 15.3 Å². The molecule has 148 valence electrons. The maximum Gasteiger partial charge on any atom is 0.336 e. The van der Waals surface area contributed by atoms with Crippen LogP contribution in [0, 0.1) is 0 Å². The average molecular weight is 402 g/mol. The first kappa shape index (κ1) is 18.8. The maximum atomic E-state index is 12.8. The van der Waals surface area contributed by atoms with Crippen molar-refractivity contribution in [1.29, 1.82) is 0 Å². The zero-order valence-electron chi connectivity index (χ0n) is 15.2. The number of urea groups is 1. The van der Waals surface area contributed by atoms with Crippen LogP contribution in [0.4, 0.5) is 10.5 Å². The summed E-state index contributed by atoms with van der Waals surface area (Å²) in [6, 6.07) is 11.2. The molecule has 1 saturated heterocycles. The molecule has 0 aliphatic carbocycles. The number of amides is 4. The highest BCUT2D eigenvalue weighted by molar-refractivity contribution is 6.39. The summed E-state index contributed by atoms with van der Waals surface area (Å²) in [6.07, 6.45) is 3.97. The van der Waals surface area contributed by atoms with Gasteiger partial charge in [-0.1, -0.05) is 24.3 Å². The molecule has 3 heterocycles. The Bertz CT molecular complexity index is 1210. The number of furan rings is 1. The highest BCUT2D eigenvalue weighted by atomic mass is 16.4. The lowest BCUT2D eigenvalue weighted by Gasteiger charge is -2.25. The summed E-state index contributed by atoms with van der Waals surface area (Å²) in [5.74, 6) is -2.75. The second-order valence-corrected chi connectivity index (χ2v) is 6.20. The van der Waals surface area contributed by atoms with E-state index in [9.17, 15) is 24.3 Å². The second-order valence-electron chi connectivity index (χ2n) is 6.20. The molecule has 0 atom stereocenters. The number of aromatic nitrogens is 1. The van der Waals surface area contributed by atoms with Crippen molar-refractivity contribution in [3.63, 3.8) is 0 Å². The molecular formula is C21H12N3O6-. The van der Waals surface area contributed by atoms with Gasteiger partial charge in [0.2, 0.25) is 0 Å². The minimum absolute atomic E-state index is 0.0640. The molecule has 30 heavy (non-hydrogen) atoms. The van der Waals surface area contributed by atoms with E-state index in [2.05, 4.69) is 10.3 Å². The van der Waals surface area contributed by atoms with Crippen LogP contribution in [0.2, 0.25) is 0 Å². The summed E-state index contributed by atoms with van der Waals surface area (Å²) in [4.78, 5) is 53.1. The molecule has 1 aliphatic rings. The highest BCUT2D eigenvalue weighted by Gasteiger charge is 2.37. The molecule has 1 fully saturated rings. The minimum atomic E-state index is -1.37. The molecule has 4 amide bonds. The normalized spacial score (nSPS) is 15.4. The lowest BCUT2D eigenvalue weighted by molar-refractivity contribution is -0.255. The second kappa shape index (κ2) is 7.47. The Morgan fingerprint density at radius 2 is 1.87 bits per heavy atom. The number of anilines is 1. The van der Waals surface area contributed by atoms with E-state index in [1.165, 1.54) is 42.7 Å². The van der Waals surface area contributed by atoms with Crippen molar-refractivity contribution in [1.82, 2.24) is 10.3 Å². The molecule has 1 aromatic carbocycles. The Morgan fingerprint density at radius 3 is 2.60 bits per heavy atom. The van der Waals surface area contributed by atoms with Crippen LogP contribution in [0.3, 0.4) is 0 Å². The van der Waals surface area contributed by atoms with Gasteiger partial charge in [0.15, 0.2) is 0 Å². The molecule has 9 heteroatoms. The van der Waals surface area contributed by atoms with Crippen molar-refractivity contribution < 1.29 is 28.7 Å². The molecule has 0 bridgehead atoms. The number of benzene rings is 1. The van der Waals surface area contributed by atoms with Crippen LogP contribution in [-0.2, 0) is 9.59 Å². The van der Waals surface area contributed by atoms with Crippen molar-refractivity contribution in [2.75, 3.05) is 4.90 Å². The van der Waals surface area contributed by atoms with Crippen molar-refractivity contribution in [2.24, 2.45) is 0 Å². The summed E-state index contributed by atoms with van der Waals surface area (Å²) in [5, 5.41) is 13.4. The first-order valence-corrected chi connectivity index (χ1v) is 8.68. The van der Waals surface area contributed by atoms with Gasteiger partial charge < -0.3 is 14.3 Å². The number of rotatable bonds is 4. The van der Waals surface area contributed by atoms with Crippen LogP contribution in [-0.4, -0.2) is 28.8 Å². The number of imide groups is 2. The molecule has 0 saturated carbocycles. The van der Waals surface area contributed by atoms with E-state index in [0.717, 1.165) is 4.90 Å². The Balaban J connectivity index is 1.70. The molecule has 2 aromatic heterocycles. The largest absolute Gasteiger partial charge is 0.545 e. The lowest BCUT2D eigenvalue weighted by atomic mass is 10.1. The predicted octanol–water partition coefficient (Wildman–Crippen LogP) is 1.37. The number of carboxylic acid groups (broad SMARTS) is 1. The minimum Gasteiger partial charge on any atom is -0.545 e. The molecule has 3 aromatic rings. The van der Waals surface area contributed by atoms with Gasteiger partial charge in [-0.15, -0.1) is 0 Å². The van der Waals surface area contributed by atoms with Gasteiger partial charge in [-0.3, -0.25) is 19.9 Å². The van der Waals surface area contributed by atoms with Crippen LogP contribution >= 0.6 is 0 Å². The molecule has 4 rings (SSSR count). The quantitative estimate of drug-likeness (QED) is 0.515. The van der Waals surface area contributed by atoms with Crippen molar-refractivity contribution in [3.8, 4) is 11.3 Å². The number of nitrogens with zero attached hydrogens (tertiary/aromatic N) is 2. The van der Waals surface area contributed by atoms with E-state index in [-0.39, 0.29) is 33.9 Å². The monoisotopic (exact) mass is 402 g/mol. The van der Waals surface area contributed by atoms with Crippen LogP contribution in [0.25, 0.3) is 17.4 Å². The molecule has 1 N–H and O–H groups in total. The fourth-order valence-electron chi connectivity index (χ4n) is 2.97. The standard InChI is InChI=1S/C21H13N3O6/c25-18-16(19(26)24(21(29)23-18)12-4-3-9-22-11-12)10-13-7-8-17(30-13)14-5-1-2-6-15(14)20(27)28/h1-11H,(H,27,28)(H,23,25,29)/p-1/b16-10+. The number of barbiturate groups is 1. The van der Waals surface area contributed by atoms with Gasteiger partial charge in [-0.05, 0) is 30.3 Å². The smallest absolute Gasteiger partial charge is 0.336 e. The van der Waals surface area contributed by atoms with E-state index in [0.29, 0.717) is 0 Å². The molecule has 1 aliphatic heterocycles. The van der Waals surface area contributed by atoms with Gasteiger partial charge in [0.1, 0.15) is 17.1 Å². The van der Waals surface area contributed by atoms with Gasteiger partial charge in [-0.25, -0.2) is 9.69 Å². The predicted molar refractivity (Wildman–Crippen MR) is 102 cm³/mol. The summed E-state index contributed by atoms with van der Waals surface area (Å²) < 4.78 is 5.61. The third-order valence-corrected chi connectivity index (χ3v) is 4.33. The van der Waals surface area contributed by atoms with Crippen molar-refractivity contribution in [3.05, 3.63) is 77.8 Å². The average Bonchev–Trinajstić information content (AvgIpc) is 3.20. The van der Waals surface area contributed by atoms with E-state index >= 15 is 0 Å². The number of aromatic carboxylic acids is 1. The summed E-state index contributed by atoms with van der Waals surface area (Å²) in [6.45, 7) is 0. The Hall–Kier alpha value is -4.53. The number of hydrogen-bond acceptors (Lipinski definition) is 7. The summed E-state index contributed by atoms with van der Waals surface area (Å²) in [5.41, 5.74) is 0.0913. The first-order chi connectivity index (χ1) is 14.5. The molecule has 9 nitrogen and oxygen atoms in total. The van der Waals surface area contributed by atoms with Crippen LogP contribution in [0.5, 0.6) is 0 Å². The van der Waals surface area contributed by atoms with E-state index in [1.807, 2.05) is 0 Å². The number of nitrogens with one attached hydrogen (secondary N) is 1. The zero-order chi connectivity index (χ0) is 21.3. The molecule has 0 spiro atoms. The lowest BCUT2D eigenvalue weighted by Crippen LogP contribution is -2.54. The Morgan fingerprint density at radius 1 is 1.07 bits per heavy atom. The molecule has 0 radical (unpaired) electrons. The number of pyridine rings is 1. The zero-order valence-corrected chi connectivity index (χ0v) is 15.2. The van der Waals surface area contributed by atoms with Gasteiger partial charge in [-0.2, -0.15) is 0 Å². The number of carbonyl (C=O) groups excluding carboxylic acids is 4. The van der Waals surface area contributed by atoms with Gasteiger partial charge in [0.25, 0.3) is 11.8 Å². The first-order valence-electron chi connectivity index (χ1n) is 8.68. The Kier molecular flexibility index (Phi) is 4.69. The van der Waals surface area contributed by atoms with Crippen LogP contribution in [0.1, 0.15) is 16.1 Å². The van der Waals surface area contributed by atoms with Crippen LogP contribution in [0.15, 0.2) is 70.9 Å². The SMILES string of the molecule is O=C1NC(=O)N(c2cccnc2)C(=O)/C1=C/c1ccc(-c2ccccc2C(=O)[O-])o1. The summed E-state index contributed by atoms with van der Waals surface area (Å²) >= 11 is 0. The van der Waals surface area contributed by atoms with Crippen molar-refractivity contribution in [2.45, 2.75) is 0 Å². The number of carboxylic acids is 1. The number of carbonyl (C=O) groups is 4. The third-order valence-electron chi connectivity index (χ3n) is 4.33. The van der Waals surface area contributed by atoms with Gasteiger partial charge in [0.05, 0.1) is 17.9 Å². The summed E-state index contributed by atoms with van der Waals surface area (Å²) in [7, 11) is 0. The van der Waals surface area contributed by atoms with Crippen molar-refractivity contribution >= 4 is 35.6 Å². The van der Waals surface area contributed by atoms with E-state index in [4.69, 9.17) is 4.42 Å². The van der Waals surface area contributed by atoms with E-state index in [1.54, 1.807) is 24.3 Å². The molecule has 0 unspecified atom stereocenters. The molecular weight excluding hydrogens is 390 g/mol. The highest BCUT2D eigenvalue weighted by Crippen LogP contribution is 2.27. The maximum absolute atomic E-state index is 12.8. The van der Waals surface area contributed by atoms with Gasteiger partial charge >= 0.3 is 6.03 Å². The third kappa shape index (κ3) is 3.35. The Labute approximate surface area is 169 Å².